The van der Waals surface area contributed by atoms with E-state index in [-0.39, 0.29) is 18.4 Å². The van der Waals surface area contributed by atoms with Gasteiger partial charge < -0.3 is 5.32 Å². The Morgan fingerprint density at radius 1 is 1.04 bits per heavy atom. The molecule has 2 aromatic heterocycles. The SMILES string of the molecule is Cc1ccc(NC2=C(c3cccs3)C(=O)N(Cc3cccnc3)C2=O)cc1. The van der Waals surface area contributed by atoms with Gasteiger partial charge in [-0.15, -0.1) is 11.3 Å². The normalized spacial score (nSPS) is 14.2. The summed E-state index contributed by atoms with van der Waals surface area (Å²) in [6, 6.07) is 15.1. The number of nitrogens with zero attached hydrogens (tertiary/aromatic N) is 2. The summed E-state index contributed by atoms with van der Waals surface area (Å²) in [4.78, 5) is 32.2. The van der Waals surface area contributed by atoms with Crippen molar-refractivity contribution >= 4 is 34.4 Å². The Morgan fingerprint density at radius 3 is 2.52 bits per heavy atom. The van der Waals surface area contributed by atoms with E-state index in [1.54, 1.807) is 18.5 Å². The zero-order chi connectivity index (χ0) is 18.8. The van der Waals surface area contributed by atoms with Crippen molar-refractivity contribution in [2.24, 2.45) is 0 Å². The van der Waals surface area contributed by atoms with Gasteiger partial charge in [-0.3, -0.25) is 19.5 Å². The van der Waals surface area contributed by atoms with Crippen LogP contribution in [0.1, 0.15) is 16.0 Å². The second kappa shape index (κ2) is 7.17. The van der Waals surface area contributed by atoms with Gasteiger partial charge in [0.15, 0.2) is 0 Å². The van der Waals surface area contributed by atoms with Crippen LogP contribution in [0.25, 0.3) is 5.57 Å². The van der Waals surface area contributed by atoms with Crippen molar-refractivity contribution < 1.29 is 9.59 Å². The van der Waals surface area contributed by atoms with Crippen molar-refractivity contribution in [3.8, 4) is 0 Å². The third-order valence-corrected chi connectivity index (χ3v) is 5.21. The maximum atomic E-state index is 13.1. The van der Waals surface area contributed by atoms with Crippen LogP contribution in [0.2, 0.25) is 0 Å². The summed E-state index contributed by atoms with van der Waals surface area (Å²) in [5.41, 5.74) is 3.44. The number of aryl methyl sites for hydroxylation is 1. The van der Waals surface area contributed by atoms with E-state index in [0.29, 0.717) is 11.3 Å². The van der Waals surface area contributed by atoms with Gasteiger partial charge in [0.05, 0.1) is 12.1 Å². The number of amides is 2. The van der Waals surface area contributed by atoms with Crippen molar-refractivity contribution in [3.63, 3.8) is 0 Å². The summed E-state index contributed by atoms with van der Waals surface area (Å²) in [7, 11) is 0. The lowest BCUT2D eigenvalue weighted by atomic mass is 10.1. The zero-order valence-electron chi connectivity index (χ0n) is 14.7. The lowest BCUT2D eigenvalue weighted by Crippen LogP contribution is -2.32. The number of thiophene rings is 1. The van der Waals surface area contributed by atoms with E-state index in [1.807, 2.05) is 54.8 Å². The molecule has 3 heterocycles. The van der Waals surface area contributed by atoms with Gasteiger partial charge in [-0.2, -0.15) is 0 Å². The van der Waals surface area contributed by atoms with E-state index >= 15 is 0 Å². The third-order valence-electron chi connectivity index (χ3n) is 4.32. The highest BCUT2D eigenvalue weighted by Gasteiger charge is 2.39. The fourth-order valence-electron chi connectivity index (χ4n) is 2.94. The summed E-state index contributed by atoms with van der Waals surface area (Å²) in [5.74, 6) is -0.617. The topological polar surface area (TPSA) is 62.3 Å². The number of nitrogens with one attached hydrogen (secondary N) is 1. The monoisotopic (exact) mass is 375 g/mol. The smallest absolute Gasteiger partial charge is 0.278 e. The van der Waals surface area contributed by atoms with Crippen molar-refractivity contribution in [2.45, 2.75) is 13.5 Å². The maximum absolute atomic E-state index is 13.1. The Bertz CT molecular complexity index is 1010. The van der Waals surface area contributed by atoms with Crippen molar-refractivity contribution in [3.05, 3.63) is 88.0 Å². The Labute approximate surface area is 161 Å². The predicted molar refractivity (Wildman–Crippen MR) is 106 cm³/mol. The minimum Gasteiger partial charge on any atom is -0.350 e. The summed E-state index contributed by atoms with van der Waals surface area (Å²) in [5, 5.41) is 5.06. The van der Waals surface area contributed by atoms with E-state index in [2.05, 4.69) is 10.3 Å². The van der Waals surface area contributed by atoms with Gasteiger partial charge in [0.2, 0.25) is 0 Å². The van der Waals surface area contributed by atoms with Gasteiger partial charge in [-0.25, -0.2) is 0 Å². The molecule has 1 N–H and O–H groups in total. The van der Waals surface area contributed by atoms with Crippen molar-refractivity contribution in [2.75, 3.05) is 5.32 Å². The highest BCUT2D eigenvalue weighted by atomic mass is 32.1. The molecule has 0 radical (unpaired) electrons. The number of rotatable bonds is 5. The van der Waals surface area contributed by atoms with Crippen LogP contribution < -0.4 is 5.32 Å². The molecule has 0 saturated heterocycles. The first-order valence-electron chi connectivity index (χ1n) is 8.50. The fraction of sp³-hybridized carbons (Fsp3) is 0.0952. The summed E-state index contributed by atoms with van der Waals surface area (Å²) in [6.45, 7) is 2.19. The second-order valence-corrected chi connectivity index (χ2v) is 7.22. The van der Waals surface area contributed by atoms with Gasteiger partial charge in [-0.1, -0.05) is 29.8 Å². The van der Waals surface area contributed by atoms with Crippen LogP contribution in [0.5, 0.6) is 0 Å². The van der Waals surface area contributed by atoms with Crippen molar-refractivity contribution in [1.82, 2.24) is 9.88 Å². The number of carbonyl (C=O) groups excluding carboxylic acids is 2. The second-order valence-electron chi connectivity index (χ2n) is 6.28. The Kier molecular flexibility index (Phi) is 4.56. The predicted octanol–water partition coefficient (Wildman–Crippen LogP) is 3.84. The molecule has 5 nitrogen and oxygen atoms in total. The molecule has 2 amide bonds. The minimum atomic E-state index is -0.326. The number of hydrogen-bond donors (Lipinski definition) is 1. The highest BCUT2D eigenvalue weighted by molar-refractivity contribution is 7.11. The summed E-state index contributed by atoms with van der Waals surface area (Å²) >= 11 is 1.44. The molecule has 1 aromatic carbocycles. The zero-order valence-corrected chi connectivity index (χ0v) is 15.5. The average Bonchev–Trinajstić information content (AvgIpc) is 3.28. The number of hydrogen-bond acceptors (Lipinski definition) is 5. The van der Waals surface area contributed by atoms with Gasteiger partial charge in [0, 0.05) is 23.0 Å². The van der Waals surface area contributed by atoms with E-state index in [9.17, 15) is 9.59 Å². The molecule has 0 bridgehead atoms. The van der Waals surface area contributed by atoms with Crippen LogP contribution in [0.4, 0.5) is 5.69 Å². The van der Waals surface area contributed by atoms with Crippen molar-refractivity contribution in [1.29, 1.82) is 0 Å². The molecule has 0 unspecified atom stereocenters. The summed E-state index contributed by atoms with van der Waals surface area (Å²) < 4.78 is 0. The Balaban J connectivity index is 1.70. The number of benzene rings is 1. The quantitative estimate of drug-likeness (QED) is 0.688. The lowest BCUT2D eigenvalue weighted by Gasteiger charge is -2.15. The number of pyridine rings is 1. The Morgan fingerprint density at radius 2 is 1.85 bits per heavy atom. The van der Waals surface area contributed by atoms with Gasteiger partial charge in [0.25, 0.3) is 11.8 Å². The third kappa shape index (κ3) is 3.39. The maximum Gasteiger partial charge on any atom is 0.278 e. The van der Waals surface area contributed by atoms with E-state index in [1.165, 1.54) is 16.2 Å². The minimum absolute atomic E-state index is 0.194. The molecule has 0 fully saturated rings. The molecule has 3 aromatic rings. The lowest BCUT2D eigenvalue weighted by molar-refractivity contribution is -0.137. The number of aromatic nitrogens is 1. The molecule has 0 spiro atoms. The highest BCUT2D eigenvalue weighted by Crippen LogP contribution is 2.33. The molecule has 0 saturated carbocycles. The van der Waals surface area contributed by atoms with E-state index in [0.717, 1.165) is 21.7 Å². The van der Waals surface area contributed by atoms with Crippen LogP contribution in [0, 0.1) is 6.92 Å². The number of imide groups is 1. The van der Waals surface area contributed by atoms with Crippen LogP contribution >= 0.6 is 11.3 Å². The fourth-order valence-corrected chi connectivity index (χ4v) is 3.71. The molecular weight excluding hydrogens is 358 g/mol. The standard InChI is InChI=1S/C21H17N3O2S/c1-14-6-8-16(9-7-14)23-19-18(17-5-3-11-27-17)20(25)24(21(19)26)13-15-4-2-10-22-12-15/h2-12,23H,13H2,1H3. The summed E-state index contributed by atoms with van der Waals surface area (Å²) in [6.07, 6.45) is 3.33. The first-order chi connectivity index (χ1) is 13.1. The van der Waals surface area contributed by atoms with E-state index in [4.69, 9.17) is 0 Å². The van der Waals surface area contributed by atoms with Crippen LogP contribution in [-0.4, -0.2) is 21.7 Å². The Hall–Kier alpha value is -3.25. The van der Waals surface area contributed by atoms with Crippen LogP contribution in [0.15, 0.2) is 72.0 Å². The molecule has 1 aliphatic heterocycles. The van der Waals surface area contributed by atoms with Gasteiger partial charge in [-0.05, 0) is 42.1 Å². The van der Waals surface area contributed by atoms with Gasteiger partial charge >= 0.3 is 0 Å². The molecule has 1 aliphatic rings. The van der Waals surface area contributed by atoms with Crippen LogP contribution in [-0.2, 0) is 16.1 Å². The van der Waals surface area contributed by atoms with E-state index < -0.39 is 0 Å². The molecule has 0 atom stereocenters. The average molecular weight is 375 g/mol. The number of anilines is 1. The molecule has 6 heteroatoms. The first-order valence-corrected chi connectivity index (χ1v) is 9.38. The molecule has 134 valence electrons. The molecule has 27 heavy (non-hydrogen) atoms. The van der Waals surface area contributed by atoms with Gasteiger partial charge in [0.1, 0.15) is 5.70 Å². The molecule has 0 aliphatic carbocycles. The van der Waals surface area contributed by atoms with Crippen LogP contribution in [0.3, 0.4) is 0 Å². The number of carbonyl (C=O) groups is 2. The largest absolute Gasteiger partial charge is 0.350 e. The first kappa shape index (κ1) is 17.2. The molecule has 4 rings (SSSR count). The molecular formula is C21H17N3O2S.